The molecule has 1 atom stereocenters. The van der Waals surface area contributed by atoms with E-state index < -0.39 is 6.04 Å². The SMILES string of the molecule is CCNC(=O)[C@@H](Cc1ccccc1)N(Cc1ccccc1)C(=O)COc1cc(C)cc(C)c1C. The van der Waals surface area contributed by atoms with Crippen molar-refractivity contribution in [3.63, 3.8) is 0 Å². The lowest BCUT2D eigenvalue weighted by Gasteiger charge is -2.31. The van der Waals surface area contributed by atoms with Crippen molar-refractivity contribution < 1.29 is 14.3 Å². The van der Waals surface area contributed by atoms with E-state index in [4.69, 9.17) is 4.74 Å². The fourth-order valence-electron chi connectivity index (χ4n) is 4.00. The average molecular weight is 459 g/mol. The van der Waals surface area contributed by atoms with E-state index in [1.807, 2.05) is 94.4 Å². The van der Waals surface area contributed by atoms with Crippen molar-refractivity contribution in [2.24, 2.45) is 0 Å². The van der Waals surface area contributed by atoms with Gasteiger partial charge in [-0.25, -0.2) is 0 Å². The number of carbonyl (C=O) groups excluding carboxylic acids is 2. The first kappa shape index (κ1) is 25.0. The highest BCUT2D eigenvalue weighted by atomic mass is 16.5. The lowest BCUT2D eigenvalue weighted by Crippen LogP contribution is -2.51. The highest BCUT2D eigenvalue weighted by Crippen LogP contribution is 2.24. The first-order valence-corrected chi connectivity index (χ1v) is 11.7. The van der Waals surface area contributed by atoms with E-state index in [0.29, 0.717) is 25.3 Å². The number of benzene rings is 3. The minimum absolute atomic E-state index is 0.138. The summed E-state index contributed by atoms with van der Waals surface area (Å²) in [4.78, 5) is 28.4. The molecule has 3 aromatic carbocycles. The molecule has 178 valence electrons. The Balaban J connectivity index is 1.89. The lowest BCUT2D eigenvalue weighted by molar-refractivity contribution is -0.142. The Labute approximate surface area is 202 Å². The summed E-state index contributed by atoms with van der Waals surface area (Å²) in [6.07, 6.45) is 0.424. The molecule has 0 aliphatic heterocycles. The van der Waals surface area contributed by atoms with Crippen molar-refractivity contribution in [3.05, 3.63) is 101 Å². The molecule has 0 aliphatic carbocycles. The number of amides is 2. The molecule has 0 fully saturated rings. The number of hydrogen-bond acceptors (Lipinski definition) is 3. The number of nitrogens with one attached hydrogen (secondary N) is 1. The number of hydrogen-bond donors (Lipinski definition) is 1. The van der Waals surface area contributed by atoms with Gasteiger partial charge in [0.05, 0.1) is 0 Å². The summed E-state index contributed by atoms with van der Waals surface area (Å²) in [5.74, 6) is 0.302. The zero-order chi connectivity index (χ0) is 24.5. The minimum Gasteiger partial charge on any atom is -0.483 e. The average Bonchev–Trinajstić information content (AvgIpc) is 2.84. The maximum Gasteiger partial charge on any atom is 0.261 e. The van der Waals surface area contributed by atoms with Crippen LogP contribution < -0.4 is 10.1 Å². The molecular weight excluding hydrogens is 424 g/mol. The van der Waals surface area contributed by atoms with Gasteiger partial charge in [0.1, 0.15) is 11.8 Å². The van der Waals surface area contributed by atoms with Crippen LogP contribution in [0.15, 0.2) is 72.8 Å². The zero-order valence-corrected chi connectivity index (χ0v) is 20.5. The van der Waals surface area contributed by atoms with Gasteiger partial charge in [-0.05, 0) is 61.6 Å². The molecule has 0 aliphatic rings. The van der Waals surface area contributed by atoms with E-state index in [2.05, 4.69) is 11.4 Å². The number of aryl methyl sites for hydroxylation is 2. The molecule has 0 saturated carbocycles. The van der Waals surface area contributed by atoms with Crippen LogP contribution in [0.4, 0.5) is 0 Å². The Kier molecular flexibility index (Phi) is 8.86. The fraction of sp³-hybridized carbons (Fsp3) is 0.310. The van der Waals surface area contributed by atoms with Crippen LogP contribution in [0, 0.1) is 20.8 Å². The van der Waals surface area contributed by atoms with E-state index in [-0.39, 0.29) is 18.4 Å². The van der Waals surface area contributed by atoms with Crippen LogP contribution >= 0.6 is 0 Å². The van der Waals surface area contributed by atoms with Crippen LogP contribution in [0.25, 0.3) is 0 Å². The van der Waals surface area contributed by atoms with Gasteiger partial charge in [-0.15, -0.1) is 0 Å². The molecule has 3 aromatic rings. The maximum atomic E-state index is 13.6. The number of rotatable bonds is 10. The van der Waals surface area contributed by atoms with E-state index in [1.165, 1.54) is 0 Å². The number of nitrogens with zero attached hydrogens (tertiary/aromatic N) is 1. The molecule has 0 saturated heterocycles. The third kappa shape index (κ3) is 6.70. The normalized spacial score (nSPS) is 11.5. The van der Waals surface area contributed by atoms with Gasteiger partial charge in [-0.2, -0.15) is 0 Å². The Morgan fingerprint density at radius 3 is 2.15 bits per heavy atom. The highest BCUT2D eigenvalue weighted by Gasteiger charge is 2.30. The third-order valence-electron chi connectivity index (χ3n) is 5.93. The van der Waals surface area contributed by atoms with Gasteiger partial charge >= 0.3 is 0 Å². The predicted octanol–water partition coefficient (Wildman–Crippen LogP) is 4.77. The van der Waals surface area contributed by atoms with Crippen LogP contribution in [-0.4, -0.2) is 35.9 Å². The summed E-state index contributed by atoms with van der Waals surface area (Å²) in [5.41, 5.74) is 5.16. The second kappa shape index (κ2) is 12.0. The molecule has 0 unspecified atom stereocenters. The molecule has 5 nitrogen and oxygen atoms in total. The largest absolute Gasteiger partial charge is 0.483 e. The van der Waals surface area contributed by atoms with E-state index >= 15 is 0 Å². The standard InChI is InChI=1S/C29H34N2O3/c1-5-30-29(33)26(18-24-12-8-6-9-13-24)31(19-25-14-10-7-11-15-25)28(32)20-34-27-17-21(2)16-22(3)23(27)4/h6-17,26H,5,18-20H2,1-4H3,(H,30,33)/t26-/m1/s1. The molecular formula is C29H34N2O3. The lowest BCUT2D eigenvalue weighted by atomic mass is 10.0. The molecule has 0 heterocycles. The van der Waals surface area contributed by atoms with Crippen LogP contribution in [-0.2, 0) is 22.6 Å². The summed E-state index contributed by atoms with van der Waals surface area (Å²) in [6, 6.07) is 22.9. The summed E-state index contributed by atoms with van der Waals surface area (Å²) >= 11 is 0. The quantitative estimate of drug-likeness (QED) is 0.476. The van der Waals surface area contributed by atoms with Crippen LogP contribution in [0.2, 0.25) is 0 Å². The second-order valence-corrected chi connectivity index (χ2v) is 8.60. The topological polar surface area (TPSA) is 58.6 Å². The molecule has 0 spiro atoms. The van der Waals surface area contributed by atoms with Crippen molar-refractivity contribution >= 4 is 11.8 Å². The van der Waals surface area contributed by atoms with E-state index in [9.17, 15) is 9.59 Å². The maximum absolute atomic E-state index is 13.6. The first-order chi connectivity index (χ1) is 16.4. The van der Waals surface area contributed by atoms with Crippen LogP contribution in [0.5, 0.6) is 5.75 Å². The molecule has 5 heteroatoms. The van der Waals surface area contributed by atoms with Crippen molar-refractivity contribution in [1.29, 1.82) is 0 Å². The molecule has 0 radical (unpaired) electrons. The summed E-state index contributed by atoms with van der Waals surface area (Å²) < 4.78 is 6.00. The second-order valence-electron chi connectivity index (χ2n) is 8.60. The van der Waals surface area contributed by atoms with Gasteiger partial charge in [0.15, 0.2) is 6.61 Å². The molecule has 1 N–H and O–H groups in total. The van der Waals surface area contributed by atoms with E-state index in [1.54, 1.807) is 4.90 Å². The summed E-state index contributed by atoms with van der Waals surface area (Å²) in [5, 5.41) is 2.91. The van der Waals surface area contributed by atoms with Crippen molar-refractivity contribution in [2.45, 2.75) is 46.7 Å². The highest BCUT2D eigenvalue weighted by molar-refractivity contribution is 5.88. The van der Waals surface area contributed by atoms with Crippen LogP contribution in [0.1, 0.15) is 34.7 Å². The van der Waals surface area contributed by atoms with Gasteiger partial charge < -0.3 is 15.0 Å². The molecule has 2 amide bonds. The summed E-state index contributed by atoms with van der Waals surface area (Å²) in [7, 11) is 0. The molecule has 0 bridgehead atoms. The van der Waals surface area contributed by atoms with Crippen molar-refractivity contribution in [2.75, 3.05) is 13.2 Å². The fourth-order valence-corrected chi connectivity index (χ4v) is 4.00. The van der Waals surface area contributed by atoms with E-state index in [0.717, 1.165) is 27.8 Å². The van der Waals surface area contributed by atoms with Crippen molar-refractivity contribution in [1.82, 2.24) is 10.2 Å². The summed E-state index contributed by atoms with van der Waals surface area (Å²) in [6.45, 7) is 8.59. The van der Waals surface area contributed by atoms with Gasteiger partial charge in [0.2, 0.25) is 5.91 Å². The Morgan fingerprint density at radius 2 is 1.53 bits per heavy atom. The third-order valence-corrected chi connectivity index (χ3v) is 5.93. The predicted molar refractivity (Wildman–Crippen MR) is 136 cm³/mol. The number of ether oxygens (including phenoxy) is 1. The first-order valence-electron chi connectivity index (χ1n) is 11.7. The smallest absolute Gasteiger partial charge is 0.261 e. The van der Waals surface area contributed by atoms with Gasteiger partial charge in [-0.1, -0.05) is 66.7 Å². The van der Waals surface area contributed by atoms with Crippen molar-refractivity contribution in [3.8, 4) is 5.75 Å². The molecule has 34 heavy (non-hydrogen) atoms. The molecule has 0 aromatic heterocycles. The Morgan fingerprint density at radius 1 is 0.912 bits per heavy atom. The number of likely N-dealkylation sites (N-methyl/N-ethyl adjacent to an activating group) is 1. The Hall–Kier alpha value is -3.60. The Bertz CT molecular complexity index is 1100. The van der Waals surface area contributed by atoms with Gasteiger partial charge in [0.25, 0.3) is 5.91 Å². The molecule has 3 rings (SSSR count). The minimum atomic E-state index is -0.654. The number of carbonyl (C=O) groups is 2. The monoisotopic (exact) mass is 458 g/mol. The van der Waals surface area contributed by atoms with Crippen LogP contribution in [0.3, 0.4) is 0 Å². The van der Waals surface area contributed by atoms with Gasteiger partial charge in [0, 0.05) is 19.5 Å². The zero-order valence-electron chi connectivity index (χ0n) is 20.5. The van der Waals surface area contributed by atoms with Gasteiger partial charge in [-0.3, -0.25) is 9.59 Å².